The Hall–Kier alpha value is -1.28. The van der Waals surface area contributed by atoms with E-state index in [1.165, 1.54) is 18.2 Å². The highest BCUT2D eigenvalue weighted by Gasteiger charge is 2.20. The Balaban J connectivity index is 1.64. The molecule has 3 rings (SSSR count). The fourth-order valence-corrected chi connectivity index (χ4v) is 2.18. The van der Waals surface area contributed by atoms with E-state index in [9.17, 15) is 0 Å². The van der Waals surface area contributed by atoms with E-state index in [-0.39, 0.29) is 0 Å². The van der Waals surface area contributed by atoms with E-state index in [2.05, 4.69) is 30.4 Å². The summed E-state index contributed by atoms with van der Waals surface area (Å²) < 4.78 is 5.88. The molecule has 0 amide bonds. The number of hydrogen-bond donors (Lipinski definition) is 1. The highest BCUT2D eigenvalue weighted by molar-refractivity contribution is 5.77. The van der Waals surface area contributed by atoms with Crippen LogP contribution in [0.1, 0.15) is 37.9 Å². The van der Waals surface area contributed by atoms with Gasteiger partial charge in [0.1, 0.15) is 11.3 Å². The van der Waals surface area contributed by atoms with Gasteiger partial charge in [0.2, 0.25) is 0 Å². The number of para-hydroxylation sites is 1. The fourth-order valence-electron chi connectivity index (χ4n) is 2.18. The Morgan fingerprint density at radius 1 is 1.35 bits per heavy atom. The van der Waals surface area contributed by atoms with Gasteiger partial charge in [0.15, 0.2) is 0 Å². The molecule has 17 heavy (non-hydrogen) atoms. The molecule has 2 heteroatoms. The molecule has 1 heterocycles. The Labute approximate surface area is 102 Å². The lowest BCUT2D eigenvalue weighted by Gasteiger charge is -2.08. The van der Waals surface area contributed by atoms with Crippen LogP contribution >= 0.6 is 0 Å². The average Bonchev–Trinajstić information content (AvgIpc) is 3.06. The summed E-state index contributed by atoms with van der Waals surface area (Å²) in [5, 5.41) is 4.76. The van der Waals surface area contributed by atoms with Gasteiger partial charge >= 0.3 is 0 Å². The molecule has 2 aromatic rings. The molecule has 1 aliphatic rings. The van der Waals surface area contributed by atoms with Gasteiger partial charge < -0.3 is 9.73 Å². The van der Waals surface area contributed by atoms with Crippen molar-refractivity contribution in [3.63, 3.8) is 0 Å². The maximum Gasteiger partial charge on any atom is 0.134 e. The van der Waals surface area contributed by atoms with Crippen molar-refractivity contribution in [1.29, 1.82) is 0 Å². The second-order valence-electron chi connectivity index (χ2n) is 5.10. The fraction of sp³-hybridized carbons (Fsp3) is 0.467. The minimum absolute atomic E-state index is 0.494. The molecule has 1 saturated carbocycles. The van der Waals surface area contributed by atoms with Crippen molar-refractivity contribution >= 4 is 11.0 Å². The number of furan rings is 1. The maximum atomic E-state index is 5.88. The van der Waals surface area contributed by atoms with E-state index in [1.54, 1.807) is 0 Å². The van der Waals surface area contributed by atoms with E-state index in [0.29, 0.717) is 5.92 Å². The van der Waals surface area contributed by atoms with Gasteiger partial charge in [0, 0.05) is 17.3 Å². The van der Waals surface area contributed by atoms with Gasteiger partial charge in [0.25, 0.3) is 0 Å². The maximum absolute atomic E-state index is 5.88. The van der Waals surface area contributed by atoms with Crippen LogP contribution in [0.4, 0.5) is 0 Å². The zero-order valence-corrected chi connectivity index (χ0v) is 10.3. The molecule has 0 aliphatic heterocycles. The number of hydrogen-bond acceptors (Lipinski definition) is 2. The van der Waals surface area contributed by atoms with Crippen molar-refractivity contribution in [2.45, 2.75) is 38.1 Å². The van der Waals surface area contributed by atoms with Gasteiger partial charge in [-0.15, -0.1) is 0 Å². The summed E-state index contributed by atoms with van der Waals surface area (Å²) >= 11 is 0. The smallest absolute Gasteiger partial charge is 0.134 e. The molecular weight excluding hydrogens is 210 g/mol. The van der Waals surface area contributed by atoms with Crippen molar-refractivity contribution in [2.75, 3.05) is 6.54 Å². The van der Waals surface area contributed by atoms with Crippen molar-refractivity contribution in [1.82, 2.24) is 5.32 Å². The molecule has 0 radical (unpaired) electrons. The Kier molecular flexibility index (Phi) is 2.89. The van der Waals surface area contributed by atoms with Crippen LogP contribution in [0.25, 0.3) is 11.0 Å². The van der Waals surface area contributed by atoms with Crippen molar-refractivity contribution in [3.8, 4) is 0 Å². The topological polar surface area (TPSA) is 25.2 Å². The van der Waals surface area contributed by atoms with Crippen LogP contribution in [-0.2, 0) is 0 Å². The van der Waals surface area contributed by atoms with Gasteiger partial charge in [-0.05, 0) is 37.9 Å². The summed E-state index contributed by atoms with van der Waals surface area (Å²) in [5.74, 6) is 1.61. The molecule has 1 atom stereocenters. The number of benzene rings is 1. The summed E-state index contributed by atoms with van der Waals surface area (Å²) in [6.45, 7) is 3.34. The first-order chi connectivity index (χ1) is 8.33. The molecule has 2 nitrogen and oxygen atoms in total. The van der Waals surface area contributed by atoms with Crippen LogP contribution in [0.15, 0.2) is 34.7 Å². The van der Waals surface area contributed by atoms with Crippen LogP contribution in [0.5, 0.6) is 0 Å². The van der Waals surface area contributed by atoms with Gasteiger partial charge in [-0.1, -0.05) is 25.1 Å². The van der Waals surface area contributed by atoms with Gasteiger partial charge in [-0.25, -0.2) is 0 Å². The van der Waals surface area contributed by atoms with Crippen LogP contribution in [-0.4, -0.2) is 12.6 Å². The number of nitrogens with one attached hydrogen (secondary N) is 1. The normalized spacial score (nSPS) is 17.5. The van der Waals surface area contributed by atoms with Crippen molar-refractivity contribution in [3.05, 3.63) is 36.1 Å². The standard InChI is InChI=1S/C15H19NO/c1-11(8-9-16-13-6-7-13)15-10-12-4-2-3-5-14(12)17-15/h2-5,10-11,13,16H,6-9H2,1H3. The van der Waals surface area contributed by atoms with Gasteiger partial charge in [-0.2, -0.15) is 0 Å². The highest BCUT2D eigenvalue weighted by Crippen LogP contribution is 2.27. The first kappa shape index (κ1) is 10.8. The SMILES string of the molecule is CC(CCNC1CC1)c1cc2ccccc2o1. The molecule has 1 aliphatic carbocycles. The third-order valence-corrected chi connectivity index (χ3v) is 3.52. The molecule has 0 saturated heterocycles. The molecule has 0 bridgehead atoms. The Bertz CT molecular complexity index is 465. The van der Waals surface area contributed by atoms with Crippen LogP contribution in [0.2, 0.25) is 0 Å². The molecule has 0 spiro atoms. The lowest BCUT2D eigenvalue weighted by atomic mass is 10.0. The molecule has 1 aromatic carbocycles. The van der Waals surface area contributed by atoms with E-state index in [4.69, 9.17) is 4.42 Å². The second-order valence-corrected chi connectivity index (χ2v) is 5.10. The lowest BCUT2D eigenvalue weighted by Crippen LogP contribution is -2.18. The molecule has 1 fully saturated rings. The van der Waals surface area contributed by atoms with E-state index >= 15 is 0 Å². The number of rotatable bonds is 5. The lowest BCUT2D eigenvalue weighted by molar-refractivity contribution is 0.477. The van der Waals surface area contributed by atoms with Gasteiger partial charge in [-0.3, -0.25) is 0 Å². The summed E-state index contributed by atoms with van der Waals surface area (Å²) in [4.78, 5) is 0. The summed E-state index contributed by atoms with van der Waals surface area (Å²) in [6.07, 6.45) is 3.87. The molecule has 1 unspecified atom stereocenters. The third-order valence-electron chi connectivity index (χ3n) is 3.52. The monoisotopic (exact) mass is 229 g/mol. The number of fused-ring (bicyclic) bond motifs is 1. The van der Waals surface area contributed by atoms with Crippen molar-refractivity contribution < 1.29 is 4.42 Å². The minimum Gasteiger partial charge on any atom is -0.461 e. The van der Waals surface area contributed by atoms with E-state index in [1.807, 2.05) is 12.1 Å². The quantitative estimate of drug-likeness (QED) is 0.846. The van der Waals surface area contributed by atoms with E-state index < -0.39 is 0 Å². The van der Waals surface area contributed by atoms with Crippen LogP contribution < -0.4 is 5.32 Å². The summed E-state index contributed by atoms with van der Waals surface area (Å²) in [6, 6.07) is 11.2. The second kappa shape index (κ2) is 4.53. The average molecular weight is 229 g/mol. The molecule has 90 valence electrons. The minimum atomic E-state index is 0.494. The molecule has 1 N–H and O–H groups in total. The first-order valence-corrected chi connectivity index (χ1v) is 6.55. The van der Waals surface area contributed by atoms with E-state index in [0.717, 1.165) is 30.4 Å². The molecule has 1 aromatic heterocycles. The Morgan fingerprint density at radius 3 is 2.94 bits per heavy atom. The third kappa shape index (κ3) is 2.52. The summed E-state index contributed by atoms with van der Waals surface area (Å²) in [7, 11) is 0. The zero-order valence-electron chi connectivity index (χ0n) is 10.3. The first-order valence-electron chi connectivity index (χ1n) is 6.55. The van der Waals surface area contributed by atoms with Crippen LogP contribution in [0.3, 0.4) is 0 Å². The summed E-state index contributed by atoms with van der Waals surface area (Å²) in [5.41, 5.74) is 1.00. The predicted octanol–water partition coefficient (Wildman–Crippen LogP) is 3.68. The molecular formula is C15H19NO. The predicted molar refractivity (Wildman–Crippen MR) is 70.3 cm³/mol. The Morgan fingerprint density at radius 2 is 2.18 bits per heavy atom. The highest BCUT2D eigenvalue weighted by atomic mass is 16.3. The van der Waals surface area contributed by atoms with Crippen molar-refractivity contribution in [2.24, 2.45) is 0 Å². The van der Waals surface area contributed by atoms with Crippen LogP contribution in [0, 0.1) is 0 Å². The van der Waals surface area contributed by atoms with Gasteiger partial charge in [0.05, 0.1) is 0 Å². The largest absolute Gasteiger partial charge is 0.461 e. The zero-order chi connectivity index (χ0) is 11.7.